The van der Waals surface area contributed by atoms with Gasteiger partial charge in [-0.1, -0.05) is 51.1 Å². The maximum Gasteiger partial charge on any atom is 0.407 e. The molecule has 0 spiro atoms. The van der Waals surface area contributed by atoms with Gasteiger partial charge in [-0.25, -0.2) is 9.59 Å². The average molecular weight is 1070 g/mol. The van der Waals surface area contributed by atoms with Gasteiger partial charge in [0.05, 0.1) is 43.0 Å². The second kappa shape index (κ2) is 14.3. The van der Waals surface area contributed by atoms with Gasteiger partial charge in [-0.2, -0.15) is 0 Å². The number of rotatable bonds is 5. The molecule has 1 aliphatic heterocycles. The minimum Gasteiger partial charge on any atom is -0.456 e. The monoisotopic (exact) mass is 1070 g/mol. The molecule has 10 unspecified atom stereocenters. The minimum atomic E-state index is -1.89. The Morgan fingerprint density at radius 2 is 1.70 bits per heavy atom. The number of nitrogens with one attached hydrogen (secondary N) is 1. The Hall–Kier alpha value is 0.0131. The zero-order chi connectivity index (χ0) is 32.6. The van der Waals surface area contributed by atoms with Gasteiger partial charge in [0.2, 0.25) is 0 Å². The van der Waals surface area contributed by atoms with Crippen LogP contribution in [0.4, 0.5) is 4.79 Å². The maximum atomic E-state index is 14.2. The number of fused-ring (bicyclic) bond motifs is 5. The Labute approximate surface area is 340 Å². The molecule has 6 N–H and O–H groups in total. The first-order valence-corrected chi connectivity index (χ1v) is 14.9. The number of hydrogen-bond donors (Lipinski definition) is 6. The number of hydrogen-bond acceptors (Lipinski definition) is 11. The largest absolute Gasteiger partial charge is 0.456 e. The van der Waals surface area contributed by atoms with Crippen LogP contribution in [0.3, 0.4) is 0 Å². The van der Waals surface area contributed by atoms with E-state index in [4.69, 9.17) is 9.47 Å². The van der Waals surface area contributed by atoms with Crippen molar-refractivity contribution >= 4 is 17.8 Å². The molecule has 248 valence electrons. The molecule has 1 amide bonds. The average Bonchev–Trinajstić information content (AvgIpc) is 2.98. The van der Waals surface area contributed by atoms with Crippen LogP contribution >= 0.6 is 0 Å². The Balaban J connectivity index is 0.00000288. The summed E-state index contributed by atoms with van der Waals surface area (Å²) in [6.45, 7) is 8.09. The second-order valence-electron chi connectivity index (χ2n) is 13.6. The van der Waals surface area contributed by atoms with Crippen molar-refractivity contribution in [3.05, 3.63) is 47.0 Å². The van der Waals surface area contributed by atoms with E-state index in [1.165, 1.54) is 6.92 Å². The van der Waals surface area contributed by atoms with Crippen LogP contribution in [-0.2, 0) is 23.8 Å². The van der Waals surface area contributed by atoms with Gasteiger partial charge in [-0.3, -0.25) is 4.79 Å². The van der Waals surface area contributed by atoms with Crippen molar-refractivity contribution in [3.8, 4) is 0 Å². The maximum absolute atomic E-state index is 14.2. The van der Waals surface area contributed by atoms with Crippen molar-refractivity contribution in [3.63, 3.8) is 0 Å². The summed E-state index contributed by atoms with van der Waals surface area (Å²) in [7, 11) is 1.14. The molecule has 2 bridgehead atoms. The third kappa shape index (κ3) is 6.05. The van der Waals surface area contributed by atoms with Gasteiger partial charge in [0, 0.05) is 112 Å². The zero-order valence-electron chi connectivity index (χ0n) is 27.0. The Kier molecular flexibility index (Phi) is 12.6. The molecule has 2 radical (unpaired) electrons. The fourth-order valence-electron chi connectivity index (χ4n) is 8.65. The van der Waals surface area contributed by atoms with E-state index in [1.807, 2.05) is 0 Å². The number of methoxy groups -OCH3 is 1. The molecule has 0 aromatic heterocycles. The predicted octanol–water partition coefficient (Wildman–Crippen LogP) is 0.931. The van der Waals surface area contributed by atoms with Crippen LogP contribution in [0.1, 0.15) is 59.1 Å². The van der Waals surface area contributed by atoms with Gasteiger partial charge in [0.15, 0.2) is 11.9 Å². The van der Waals surface area contributed by atoms with Crippen LogP contribution < -0.4 is 5.32 Å². The van der Waals surface area contributed by atoms with E-state index >= 15 is 0 Å². The molecule has 1 aromatic rings. The van der Waals surface area contributed by atoms with E-state index < -0.39 is 88.3 Å². The summed E-state index contributed by atoms with van der Waals surface area (Å²) < 4.78 is 16.1. The van der Waals surface area contributed by atoms with Crippen molar-refractivity contribution in [2.24, 2.45) is 22.7 Å². The van der Waals surface area contributed by atoms with Crippen molar-refractivity contribution < 1.29 is 142 Å². The van der Waals surface area contributed by atoms with Crippen LogP contribution in [0.2, 0.25) is 0 Å². The minimum absolute atomic E-state index is 0. The summed E-state index contributed by atoms with van der Waals surface area (Å²) >= 11 is 0. The Bertz CT molecular complexity index is 1370. The number of carbonyl (C=O) groups is 3. The number of aliphatic hydroxyl groups excluding tert-OH is 3. The van der Waals surface area contributed by atoms with Crippen LogP contribution in [0.25, 0.3) is 0 Å². The summed E-state index contributed by atoms with van der Waals surface area (Å²) in [5.41, 5.74) is -5.32. The predicted molar refractivity (Wildman–Crippen MR) is 154 cm³/mol. The smallest absolute Gasteiger partial charge is 0.407 e. The number of Topliss-reactive ketones (excluding diaryl/α,β-unsaturated/α-hetero) is 1. The molecule has 1 heterocycles. The molecule has 2 saturated carbocycles. The fourth-order valence-corrected chi connectivity index (χ4v) is 8.65. The third-order valence-corrected chi connectivity index (χ3v) is 11.3. The molecule has 11 atom stereocenters. The van der Waals surface area contributed by atoms with Crippen molar-refractivity contribution in [1.29, 1.82) is 0 Å². The van der Waals surface area contributed by atoms with Crippen LogP contribution in [-0.4, -0.2) is 98.8 Å². The molecule has 3 fully saturated rings. The van der Waals surface area contributed by atoms with Crippen LogP contribution in [0.5, 0.6) is 0 Å². The van der Waals surface area contributed by atoms with Gasteiger partial charge in [-0.15, -0.1) is 0 Å². The molecule has 46 heavy (non-hydrogen) atoms. The summed E-state index contributed by atoms with van der Waals surface area (Å²) in [4.78, 5) is 39.8. The molecule has 1 saturated heterocycles. The zero-order valence-corrected chi connectivity index (χ0v) is 36.5. The van der Waals surface area contributed by atoms with E-state index in [0.29, 0.717) is 11.1 Å². The number of aliphatic hydroxyl groups is 5. The first-order chi connectivity index (χ1) is 20.5. The van der Waals surface area contributed by atoms with E-state index in [1.54, 1.807) is 58.0 Å². The number of benzene rings is 1. The van der Waals surface area contributed by atoms with Gasteiger partial charge in [0.25, 0.3) is 0 Å². The number of carbonyl (C=O) groups excluding carboxylic acids is 3. The van der Waals surface area contributed by atoms with E-state index in [2.05, 4.69) is 10.1 Å². The number of ether oxygens (including phenoxy) is 3. The first kappa shape index (κ1) is 40.4. The van der Waals surface area contributed by atoms with E-state index in [-0.39, 0.29) is 113 Å². The van der Waals surface area contributed by atoms with E-state index in [0.717, 1.165) is 7.11 Å². The molecule has 4 aliphatic rings. The summed E-state index contributed by atoms with van der Waals surface area (Å²) in [5.74, 6) is -3.70. The van der Waals surface area contributed by atoms with Crippen molar-refractivity contribution in [2.75, 3.05) is 13.7 Å². The van der Waals surface area contributed by atoms with Crippen molar-refractivity contribution in [2.45, 2.75) is 95.2 Å². The van der Waals surface area contributed by atoms with Gasteiger partial charge in [-0.05, 0) is 36.5 Å². The Morgan fingerprint density at radius 3 is 2.24 bits per heavy atom. The number of alkyl carbamates (subject to hydrolysis) is 1. The topological polar surface area (TPSA) is 192 Å². The van der Waals surface area contributed by atoms with E-state index in [9.17, 15) is 39.9 Å². The summed E-state index contributed by atoms with van der Waals surface area (Å²) in [5, 5.41) is 61.0. The Morgan fingerprint density at radius 1 is 1.09 bits per heavy atom. The van der Waals surface area contributed by atoms with Gasteiger partial charge < -0.3 is 45.1 Å². The molecule has 12 nitrogen and oxygen atoms in total. The van der Waals surface area contributed by atoms with Gasteiger partial charge >= 0.3 is 12.1 Å². The molecule has 14 heteroatoms. The summed E-state index contributed by atoms with van der Waals surface area (Å²) in [6, 6.07) is 7.04. The quantitative estimate of drug-likeness (QED) is 0.182. The van der Waals surface area contributed by atoms with Gasteiger partial charge in [0.1, 0.15) is 17.8 Å². The van der Waals surface area contributed by atoms with Crippen LogP contribution in [0, 0.1) is 111 Å². The first-order valence-electron chi connectivity index (χ1n) is 14.9. The fraction of sp³-hybridized carbons (Fsp3) is 0.656. The molecule has 1 aromatic carbocycles. The van der Waals surface area contributed by atoms with Crippen molar-refractivity contribution in [1.82, 2.24) is 5.32 Å². The molecule has 3 aliphatic carbocycles. The number of ketones is 1. The SMILES string of the molecule is COC(=O)NC(c1ccccc1)C(O)C(=O)OC1CC2(O)C(C)C3C4(O)COC4CC(O)[C@@]3(C)C(=O)C(O)C(=C1C)C2(C)C.[Ac].[Ac]. The number of esters is 1. The second-order valence-corrected chi connectivity index (χ2v) is 13.6. The van der Waals surface area contributed by atoms with Crippen LogP contribution in [0.15, 0.2) is 41.5 Å². The third-order valence-electron chi connectivity index (χ3n) is 11.3. The number of amides is 1. The molecule has 5 rings (SSSR count). The summed E-state index contributed by atoms with van der Waals surface area (Å²) in [6.07, 6.45) is -7.97. The normalized spacial score (nSPS) is 38.9. The molecular formula is C32H43Ac2NO11. The standard InChI is InChI=1S/C32H43NO11.2Ac/c1-15-18(44-27(38)24(36)22(33-28(39)42-6)17-10-8-7-9-11-17)13-32(41)16(2)25-30(5,19(34)12-20-31(25,40)14-43-20)26(37)23(35)21(15)29(32,3)4;;/h7-11,16,18-20,22-25,34-36,40-41H,12-14H2,1-6H3,(H,33,39);;/t16?,18?,19?,20?,22?,23?,24?,25?,30-,31?,32?;;/m1../s1. The molecular weight excluding hydrogens is 1030 g/mol.